The first-order valence-electron chi connectivity index (χ1n) is 6.96. The summed E-state index contributed by atoms with van der Waals surface area (Å²) in [6.45, 7) is 7.71. The molecule has 94 valence electrons. The smallest absolute Gasteiger partial charge is 0.0208 e. The molecule has 0 radical (unpaired) electrons. The first-order valence-corrected chi connectivity index (χ1v) is 6.96. The zero-order valence-electron chi connectivity index (χ0n) is 11.4. The Hall–Kier alpha value is -0.820. The molecule has 0 heterocycles. The number of rotatable bonds is 4. The van der Waals surface area contributed by atoms with Crippen LogP contribution in [0.25, 0.3) is 0 Å². The summed E-state index contributed by atoms with van der Waals surface area (Å²) in [6, 6.07) is 7.49. The lowest BCUT2D eigenvalue weighted by molar-refractivity contribution is 0.380. The molecule has 17 heavy (non-hydrogen) atoms. The Bertz CT molecular complexity index is 344. The fourth-order valence-corrected chi connectivity index (χ4v) is 3.07. The van der Waals surface area contributed by atoms with Crippen molar-refractivity contribution in [1.82, 2.24) is 5.32 Å². The van der Waals surface area contributed by atoms with E-state index in [2.05, 4.69) is 44.3 Å². The lowest BCUT2D eigenvalue weighted by Gasteiger charge is -2.20. The third-order valence-electron chi connectivity index (χ3n) is 4.02. The predicted molar refractivity (Wildman–Crippen MR) is 74.2 cm³/mol. The zero-order valence-corrected chi connectivity index (χ0v) is 11.4. The maximum Gasteiger partial charge on any atom is 0.0208 e. The number of hydrogen-bond donors (Lipinski definition) is 1. The van der Waals surface area contributed by atoms with Gasteiger partial charge in [-0.2, -0.15) is 0 Å². The van der Waals surface area contributed by atoms with Crippen LogP contribution in [0.5, 0.6) is 0 Å². The zero-order chi connectivity index (χ0) is 12.3. The van der Waals surface area contributed by atoms with E-state index < -0.39 is 0 Å². The minimum Gasteiger partial charge on any atom is -0.310 e. The van der Waals surface area contributed by atoms with E-state index in [0.29, 0.717) is 6.04 Å². The Labute approximate surface area is 106 Å². The van der Waals surface area contributed by atoms with E-state index in [9.17, 15) is 0 Å². The first-order chi connectivity index (χ1) is 8.15. The van der Waals surface area contributed by atoms with E-state index in [1.165, 1.54) is 42.4 Å². The van der Waals surface area contributed by atoms with Gasteiger partial charge in [-0.3, -0.25) is 0 Å². The Morgan fingerprint density at radius 2 is 1.71 bits per heavy atom. The number of aryl methyl sites for hydroxylation is 2. The second-order valence-corrected chi connectivity index (χ2v) is 5.71. The van der Waals surface area contributed by atoms with Crippen molar-refractivity contribution in [3.63, 3.8) is 0 Å². The number of hydrogen-bond acceptors (Lipinski definition) is 1. The highest BCUT2D eigenvalue weighted by atomic mass is 14.9. The van der Waals surface area contributed by atoms with Crippen LogP contribution in [-0.4, -0.2) is 6.04 Å². The van der Waals surface area contributed by atoms with Crippen LogP contribution in [-0.2, 0) is 6.54 Å². The molecule has 1 heteroatoms. The SMILES string of the molecule is Cc1cc(C)cc(CN[C@@H](C)C2CCCC2)c1. The molecule has 1 atom stereocenters. The molecule has 1 aromatic carbocycles. The quantitative estimate of drug-likeness (QED) is 0.826. The number of benzene rings is 1. The Morgan fingerprint density at radius 3 is 2.29 bits per heavy atom. The minimum absolute atomic E-state index is 0.665. The van der Waals surface area contributed by atoms with Crippen molar-refractivity contribution in [1.29, 1.82) is 0 Å². The van der Waals surface area contributed by atoms with Crippen molar-refractivity contribution in [2.75, 3.05) is 0 Å². The van der Waals surface area contributed by atoms with E-state index in [4.69, 9.17) is 0 Å². The average Bonchev–Trinajstić information content (AvgIpc) is 2.78. The molecule has 1 saturated carbocycles. The van der Waals surface area contributed by atoms with E-state index in [1.54, 1.807) is 0 Å². The van der Waals surface area contributed by atoms with Gasteiger partial charge in [-0.05, 0) is 45.1 Å². The van der Waals surface area contributed by atoms with Gasteiger partial charge in [0.2, 0.25) is 0 Å². The summed E-state index contributed by atoms with van der Waals surface area (Å²) < 4.78 is 0. The molecule has 1 N–H and O–H groups in total. The molecule has 1 nitrogen and oxygen atoms in total. The fraction of sp³-hybridized carbons (Fsp3) is 0.625. The average molecular weight is 231 g/mol. The summed E-state index contributed by atoms with van der Waals surface area (Å²) in [5.74, 6) is 0.904. The summed E-state index contributed by atoms with van der Waals surface area (Å²) in [5, 5.41) is 3.70. The normalized spacial score (nSPS) is 18.5. The lowest BCUT2D eigenvalue weighted by atomic mass is 9.99. The molecular weight excluding hydrogens is 206 g/mol. The third kappa shape index (κ3) is 3.57. The monoisotopic (exact) mass is 231 g/mol. The summed E-state index contributed by atoms with van der Waals surface area (Å²) in [4.78, 5) is 0. The van der Waals surface area contributed by atoms with Crippen LogP contribution in [0.2, 0.25) is 0 Å². The lowest BCUT2D eigenvalue weighted by Crippen LogP contribution is -2.31. The van der Waals surface area contributed by atoms with Crippen LogP contribution in [0.4, 0.5) is 0 Å². The molecule has 1 fully saturated rings. The second kappa shape index (κ2) is 5.68. The van der Waals surface area contributed by atoms with Crippen molar-refractivity contribution in [3.05, 3.63) is 34.9 Å². The van der Waals surface area contributed by atoms with Gasteiger partial charge in [-0.25, -0.2) is 0 Å². The van der Waals surface area contributed by atoms with E-state index in [0.717, 1.165) is 12.5 Å². The Kier molecular flexibility index (Phi) is 4.22. The molecule has 0 saturated heterocycles. The molecule has 0 unspecified atom stereocenters. The summed E-state index contributed by atoms with van der Waals surface area (Å²) in [5.41, 5.74) is 4.16. The molecular formula is C16H25N. The molecule has 0 amide bonds. The van der Waals surface area contributed by atoms with Gasteiger partial charge in [0.25, 0.3) is 0 Å². The molecule has 0 bridgehead atoms. The predicted octanol–water partition coefficient (Wildman–Crippen LogP) is 3.97. The van der Waals surface area contributed by atoms with Gasteiger partial charge in [0.05, 0.1) is 0 Å². The summed E-state index contributed by atoms with van der Waals surface area (Å²) in [7, 11) is 0. The van der Waals surface area contributed by atoms with E-state index in [1.807, 2.05) is 0 Å². The molecule has 1 aliphatic carbocycles. The maximum absolute atomic E-state index is 3.70. The van der Waals surface area contributed by atoms with Gasteiger partial charge in [-0.15, -0.1) is 0 Å². The van der Waals surface area contributed by atoms with Crippen LogP contribution >= 0.6 is 0 Å². The standard InChI is InChI=1S/C16H25N/c1-12-8-13(2)10-15(9-12)11-17-14(3)16-6-4-5-7-16/h8-10,14,16-17H,4-7,11H2,1-3H3/t14-/m0/s1. The number of nitrogens with one attached hydrogen (secondary N) is 1. The molecule has 1 aromatic rings. The molecule has 0 aliphatic heterocycles. The van der Waals surface area contributed by atoms with Crippen molar-refractivity contribution in [2.24, 2.45) is 5.92 Å². The van der Waals surface area contributed by atoms with Gasteiger partial charge < -0.3 is 5.32 Å². The largest absolute Gasteiger partial charge is 0.310 e. The van der Waals surface area contributed by atoms with Gasteiger partial charge >= 0.3 is 0 Å². The van der Waals surface area contributed by atoms with Gasteiger partial charge in [0.1, 0.15) is 0 Å². The second-order valence-electron chi connectivity index (χ2n) is 5.71. The molecule has 1 aliphatic rings. The molecule has 0 aromatic heterocycles. The van der Waals surface area contributed by atoms with Crippen molar-refractivity contribution in [2.45, 2.75) is 59.0 Å². The fourth-order valence-electron chi connectivity index (χ4n) is 3.07. The molecule has 0 spiro atoms. The van der Waals surface area contributed by atoms with Crippen molar-refractivity contribution >= 4 is 0 Å². The summed E-state index contributed by atoms with van der Waals surface area (Å²) in [6.07, 6.45) is 5.70. The van der Waals surface area contributed by atoms with Crippen LogP contribution in [0.3, 0.4) is 0 Å². The topological polar surface area (TPSA) is 12.0 Å². The van der Waals surface area contributed by atoms with Crippen LogP contribution in [0.1, 0.15) is 49.3 Å². The maximum atomic E-state index is 3.70. The van der Waals surface area contributed by atoms with Gasteiger partial charge in [0.15, 0.2) is 0 Å². The Morgan fingerprint density at radius 1 is 1.12 bits per heavy atom. The van der Waals surface area contributed by atoms with Crippen LogP contribution < -0.4 is 5.32 Å². The highest BCUT2D eigenvalue weighted by Crippen LogP contribution is 2.27. The Balaban J connectivity index is 1.88. The van der Waals surface area contributed by atoms with Crippen LogP contribution in [0, 0.1) is 19.8 Å². The van der Waals surface area contributed by atoms with Crippen LogP contribution in [0.15, 0.2) is 18.2 Å². The van der Waals surface area contributed by atoms with Gasteiger partial charge in [-0.1, -0.05) is 42.2 Å². The van der Waals surface area contributed by atoms with Crippen molar-refractivity contribution < 1.29 is 0 Å². The van der Waals surface area contributed by atoms with Crippen molar-refractivity contribution in [3.8, 4) is 0 Å². The first kappa shape index (κ1) is 12.6. The molecule has 2 rings (SSSR count). The summed E-state index contributed by atoms with van der Waals surface area (Å²) >= 11 is 0. The highest BCUT2D eigenvalue weighted by molar-refractivity contribution is 5.28. The van der Waals surface area contributed by atoms with E-state index >= 15 is 0 Å². The highest BCUT2D eigenvalue weighted by Gasteiger charge is 2.20. The third-order valence-corrected chi connectivity index (χ3v) is 4.02. The minimum atomic E-state index is 0.665. The van der Waals surface area contributed by atoms with Gasteiger partial charge in [0, 0.05) is 12.6 Å². The van der Waals surface area contributed by atoms with E-state index in [-0.39, 0.29) is 0 Å².